The molecule has 2 N–H and O–H groups in total. The minimum Gasteiger partial charge on any atom is -0.508 e. The molecule has 0 aliphatic carbocycles. The first-order chi connectivity index (χ1) is 12.6. The molecule has 0 radical (unpaired) electrons. The molecule has 26 heavy (non-hydrogen) atoms. The van der Waals surface area contributed by atoms with Gasteiger partial charge in [0, 0.05) is 44.0 Å². The van der Waals surface area contributed by atoms with Crippen LogP contribution in [0.3, 0.4) is 0 Å². The summed E-state index contributed by atoms with van der Waals surface area (Å²) < 4.78 is 19.0. The zero-order valence-electron chi connectivity index (χ0n) is 14.7. The summed E-state index contributed by atoms with van der Waals surface area (Å²) in [4.78, 5) is 4.46. The molecule has 2 aromatic carbocycles. The summed E-state index contributed by atoms with van der Waals surface area (Å²) in [6.07, 6.45) is -0.595. The third-order valence-corrected chi connectivity index (χ3v) is 4.58. The Morgan fingerprint density at radius 1 is 1.00 bits per heavy atom. The van der Waals surface area contributed by atoms with Crippen LogP contribution in [0, 0.1) is 5.82 Å². The Hall–Kier alpha value is -2.15. The van der Waals surface area contributed by atoms with Crippen LogP contribution >= 0.6 is 0 Å². The molecule has 2 aromatic rings. The molecule has 6 heteroatoms. The van der Waals surface area contributed by atoms with E-state index in [9.17, 15) is 14.6 Å². The largest absolute Gasteiger partial charge is 0.508 e. The van der Waals surface area contributed by atoms with Crippen molar-refractivity contribution in [2.45, 2.75) is 12.7 Å². The average molecular weight is 360 g/mol. The van der Waals surface area contributed by atoms with Gasteiger partial charge in [-0.05, 0) is 30.3 Å². The van der Waals surface area contributed by atoms with E-state index in [0.717, 1.165) is 31.9 Å². The SMILES string of the molecule is Oc1ccc(N2CCN(CC(O)COCc3ccccc3F)CC2)cc1. The van der Waals surface area contributed by atoms with Gasteiger partial charge in [0.05, 0.1) is 19.3 Å². The molecule has 3 rings (SSSR count). The third kappa shape index (κ3) is 5.17. The number of nitrogens with zero attached hydrogens (tertiary/aromatic N) is 2. The van der Waals surface area contributed by atoms with E-state index in [4.69, 9.17) is 4.74 Å². The fourth-order valence-corrected chi connectivity index (χ4v) is 3.12. The van der Waals surface area contributed by atoms with Crippen molar-refractivity contribution in [3.8, 4) is 5.75 Å². The second kappa shape index (κ2) is 8.98. The van der Waals surface area contributed by atoms with E-state index in [-0.39, 0.29) is 24.8 Å². The van der Waals surface area contributed by atoms with Gasteiger partial charge in [-0.1, -0.05) is 18.2 Å². The summed E-state index contributed by atoms with van der Waals surface area (Å²) in [6.45, 7) is 4.34. The maximum atomic E-state index is 13.5. The van der Waals surface area contributed by atoms with Crippen molar-refractivity contribution in [2.24, 2.45) is 0 Å². The van der Waals surface area contributed by atoms with E-state index in [1.807, 2.05) is 12.1 Å². The molecule has 0 aromatic heterocycles. The van der Waals surface area contributed by atoms with Crippen LogP contribution in [0.2, 0.25) is 0 Å². The van der Waals surface area contributed by atoms with Crippen LogP contribution < -0.4 is 4.90 Å². The number of benzene rings is 2. The van der Waals surface area contributed by atoms with Crippen LogP contribution in [0.4, 0.5) is 10.1 Å². The highest BCUT2D eigenvalue weighted by Crippen LogP contribution is 2.19. The highest BCUT2D eigenvalue weighted by Gasteiger charge is 2.19. The Morgan fingerprint density at radius 3 is 2.38 bits per heavy atom. The fourth-order valence-electron chi connectivity index (χ4n) is 3.12. The van der Waals surface area contributed by atoms with Gasteiger partial charge in [-0.15, -0.1) is 0 Å². The number of hydrogen-bond acceptors (Lipinski definition) is 5. The number of aliphatic hydroxyl groups excluding tert-OH is 1. The lowest BCUT2D eigenvalue weighted by Gasteiger charge is -2.36. The minimum absolute atomic E-state index is 0.165. The molecule has 1 aliphatic heterocycles. The maximum absolute atomic E-state index is 13.5. The molecule has 1 saturated heterocycles. The number of β-amino-alcohol motifs (C(OH)–C–C–N with tert-alkyl or cyclic N) is 1. The predicted octanol–water partition coefficient (Wildman–Crippen LogP) is 2.23. The van der Waals surface area contributed by atoms with Gasteiger partial charge in [-0.3, -0.25) is 4.90 Å². The van der Waals surface area contributed by atoms with Crippen LogP contribution in [0.1, 0.15) is 5.56 Å². The molecule has 1 heterocycles. The average Bonchev–Trinajstić information content (AvgIpc) is 2.65. The van der Waals surface area contributed by atoms with Crippen molar-refractivity contribution in [1.82, 2.24) is 4.90 Å². The lowest BCUT2D eigenvalue weighted by molar-refractivity contribution is 0.00839. The van der Waals surface area contributed by atoms with E-state index in [0.29, 0.717) is 12.1 Å². The monoisotopic (exact) mass is 360 g/mol. The number of aliphatic hydroxyl groups is 1. The second-order valence-corrected chi connectivity index (χ2v) is 6.56. The van der Waals surface area contributed by atoms with Crippen LogP contribution in [-0.4, -0.2) is 60.5 Å². The summed E-state index contributed by atoms with van der Waals surface area (Å²) in [5, 5.41) is 19.5. The van der Waals surface area contributed by atoms with Crippen molar-refractivity contribution in [1.29, 1.82) is 0 Å². The smallest absolute Gasteiger partial charge is 0.128 e. The number of hydrogen-bond donors (Lipinski definition) is 2. The van der Waals surface area contributed by atoms with Gasteiger partial charge in [0.2, 0.25) is 0 Å². The maximum Gasteiger partial charge on any atom is 0.128 e. The number of ether oxygens (including phenoxy) is 1. The first-order valence-corrected chi connectivity index (χ1v) is 8.87. The first-order valence-electron chi connectivity index (χ1n) is 8.87. The van der Waals surface area contributed by atoms with Gasteiger partial charge in [-0.2, -0.15) is 0 Å². The number of aromatic hydroxyl groups is 1. The highest BCUT2D eigenvalue weighted by molar-refractivity contribution is 5.49. The molecule has 1 fully saturated rings. The Bertz CT molecular complexity index is 688. The van der Waals surface area contributed by atoms with Gasteiger partial charge in [-0.25, -0.2) is 4.39 Å². The Labute approximate surface area is 153 Å². The molecule has 0 spiro atoms. The van der Waals surface area contributed by atoms with E-state index >= 15 is 0 Å². The zero-order chi connectivity index (χ0) is 18.4. The lowest BCUT2D eigenvalue weighted by Crippen LogP contribution is -2.49. The molecule has 0 bridgehead atoms. The van der Waals surface area contributed by atoms with Gasteiger partial charge in [0.15, 0.2) is 0 Å². The topological polar surface area (TPSA) is 56.2 Å². The van der Waals surface area contributed by atoms with Gasteiger partial charge < -0.3 is 19.8 Å². The summed E-state index contributed by atoms with van der Waals surface area (Å²) in [5.74, 6) is -0.0155. The van der Waals surface area contributed by atoms with Crippen molar-refractivity contribution >= 4 is 5.69 Å². The van der Waals surface area contributed by atoms with Crippen LogP contribution in [0.25, 0.3) is 0 Å². The van der Waals surface area contributed by atoms with E-state index in [2.05, 4.69) is 9.80 Å². The highest BCUT2D eigenvalue weighted by atomic mass is 19.1. The molecular weight excluding hydrogens is 335 g/mol. The van der Waals surface area contributed by atoms with E-state index < -0.39 is 6.10 Å². The predicted molar refractivity (Wildman–Crippen MR) is 98.8 cm³/mol. The van der Waals surface area contributed by atoms with Crippen molar-refractivity contribution in [2.75, 3.05) is 44.2 Å². The fraction of sp³-hybridized carbons (Fsp3) is 0.400. The normalized spacial score (nSPS) is 16.6. The summed E-state index contributed by atoms with van der Waals surface area (Å²) in [6, 6.07) is 13.7. The van der Waals surface area contributed by atoms with Crippen molar-refractivity contribution in [3.05, 3.63) is 59.9 Å². The Kier molecular flexibility index (Phi) is 6.44. The number of piperazine rings is 1. The van der Waals surface area contributed by atoms with E-state index in [1.54, 1.807) is 30.3 Å². The first kappa shape index (κ1) is 18.6. The van der Waals surface area contributed by atoms with Gasteiger partial charge >= 0.3 is 0 Å². The Morgan fingerprint density at radius 2 is 1.69 bits per heavy atom. The van der Waals surface area contributed by atoms with Crippen molar-refractivity contribution < 1.29 is 19.3 Å². The number of rotatable bonds is 7. The number of phenols is 1. The summed E-state index contributed by atoms with van der Waals surface area (Å²) in [5.41, 5.74) is 1.60. The number of halogens is 1. The minimum atomic E-state index is -0.595. The Balaban J connectivity index is 1.37. The molecule has 5 nitrogen and oxygen atoms in total. The van der Waals surface area contributed by atoms with E-state index in [1.165, 1.54) is 6.07 Å². The number of phenolic OH excluding ortho intramolecular Hbond substituents is 1. The van der Waals surface area contributed by atoms with Crippen LogP contribution in [-0.2, 0) is 11.3 Å². The zero-order valence-corrected chi connectivity index (χ0v) is 14.7. The third-order valence-electron chi connectivity index (χ3n) is 4.58. The van der Waals surface area contributed by atoms with Crippen molar-refractivity contribution in [3.63, 3.8) is 0 Å². The summed E-state index contributed by atoms with van der Waals surface area (Å²) >= 11 is 0. The molecular formula is C20H25FN2O3. The van der Waals surface area contributed by atoms with Gasteiger partial charge in [0.25, 0.3) is 0 Å². The quantitative estimate of drug-likeness (QED) is 0.793. The molecule has 140 valence electrons. The van der Waals surface area contributed by atoms with Crippen LogP contribution in [0.15, 0.2) is 48.5 Å². The van der Waals surface area contributed by atoms with Crippen LogP contribution in [0.5, 0.6) is 5.75 Å². The molecule has 1 aliphatic rings. The molecule has 0 saturated carbocycles. The standard InChI is InChI=1S/C20H25FN2O3/c21-20-4-2-1-3-16(20)14-26-15-19(25)13-22-9-11-23(12-10-22)17-5-7-18(24)8-6-17/h1-8,19,24-25H,9-15H2. The number of anilines is 1. The molecule has 1 atom stereocenters. The molecule has 0 amide bonds. The molecule has 1 unspecified atom stereocenters. The second-order valence-electron chi connectivity index (χ2n) is 6.56. The lowest BCUT2D eigenvalue weighted by atomic mass is 10.2. The summed E-state index contributed by atoms with van der Waals surface area (Å²) in [7, 11) is 0. The van der Waals surface area contributed by atoms with Gasteiger partial charge in [0.1, 0.15) is 11.6 Å².